The number of esters is 1. The SMILES string of the molecule is COC(=O)Cc1ccc(C(F)(F)F)nc1. The molecule has 0 amide bonds. The monoisotopic (exact) mass is 219 g/mol. The van der Waals surface area contributed by atoms with Crippen LogP contribution in [0.4, 0.5) is 13.2 Å². The van der Waals surface area contributed by atoms with E-state index in [1.807, 2.05) is 0 Å². The van der Waals surface area contributed by atoms with E-state index in [2.05, 4.69) is 9.72 Å². The number of ether oxygens (including phenoxy) is 1. The van der Waals surface area contributed by atoms with E-state index < -0.39 is 17.8 Å². The summed E-state index contributed by atoms with van der Waals surface area (Å²) >= 11 is 0. The number of hydrogen-bond acceptors (Lipinski definition) is 3. The van der Waals surface area contributed by atoms with Gasteiger partial charge in [0.25, 0.3) is 0 Å². The van der Waals surface area contributed by atoms with Crippen LogP contribution in [0, 0.1) is 0 Å². The lowest BCUT2D eigenvalue weighted by atomic mass is 10.2. The topological polar surface area (TPSA) is 39.2 Å². The van der Waals surface area contributed by atoms with Crippen LogP contribution in [0.2, 0.25) is 0 Å². The molecule has 3 nitrogen and oxygen atoms in total. The van der Waals surface area contributed by atoms with Crippen molar-refractivity contribution in [3.8, 4) is 0 Å². The first-order valence-electron chi connectivity index (χ1n) is 4.02. The van der Waals surface area contributed by atoms with Crippen molar-refractivity contribution < 1.29 is 22.7 Å². The van der Waals surface area contributed by atoms with Gasteiger partial charge in [-0.2, -0.15) is 13.2 Å². The number of alkyl halides is 3. The second-order valence-corrected chi connectivity index (χ2v) is 2.80. The number of methoxy groups -OCH3 is 1. The smallest absolute Gasteiger partial charge is 0.433 e. The van der Waals surface area contributed by atoms with Gasteiger partial charge in [0.15, 0.2) is 0 Å². The largest absolute Gasteiger partial charge is 0.469 e. The molecule has 0 aromatic carbocycles. The molecule has 0 saturated heterocycles. The third-order valence-corrected chi connectivity index (χ3v) is 1.69. The molecule has 1 rings (SSSR count). The predicted molar refractivity (Wildman–Crippen MR) is 45.0 cm³/mol. The van der Waals surface area contributed by atoms with Gasteiger partial charge >= 0.3 is 12.1 Å². The molecule has 82 valence electrons. The van der Waals surface area contributed by atoms with Crippen LogP contribution in [0.15, 0.2) is 18.3 Å². The molecule has 0 N–H and O–H groups in total. The molecule has 0 atom stereocenters. The van der Waals surface area contributed by atoms with E-state index in [-0.39, 0.29) is 6.42 Å². The zero-order valence-electron chi connectivity index (χ0n) is 7.84. The Hall–Kier alpha value is -1.59. The maximum atomic E-state index is 12.1. The zero-order valence-corrected chi connectivity index (χ0v) is 7.84. The van der Waals surface area contributed by atoms with E-state index >= 15 is 0 Å². The fourth-order valence-corrected chi connectivity index (χ4v) is 0.936. The average Bonchev–Trinajstić information content (AvgIpc) is 2.17. The van der Waals surface area contributed by atoms with Gasteiger partial charge in [-0.15, -0.1) is 0 Å². The molecule has 0 aliphatic carbocycles. The van der Waals surface area contributed by atoms with E-state index in [1.165, 1.54) is 13.2 Å². The highest BCUT2D eigenvalue weighted by Crippen LogP contribution is 2.27. The molecule has 0 bridgehead atoms. The standard InChI is InChI=1S/C9H8F3NO2/c1-15-8(14)4-6-2-3-7(13-5-6)9(10,11)12/h2-3,5H,4H2,1H3. The summed E-state index contributed by atoms with van der Waals surface area (Å²) in [5.41, 5.74) is -0.592. The van der Waals surface area contributed by atoms with E-state index in [9.17, 15) is 18.0 Å². The van der Waals surface area contributed by atoms with Crippen LogP contribution in [0.3, 0.4) is 0 Å². The summed E-state index contributed by atoms with van der Waals surface area (Å²) in [6, 6.07) is 2.03. The first kappa shape index (κ1) is 11.5. The van der Waals surface area contributed by atoms with Crippen LogP contribution in [-0.2, 0) is 22.1 Å². The molecule has 0 saturated carbocycles. The molecule has 0 fully saturated rings. The molecular formula is C9H8F3NO2. The lowest BCUT2D eigenvalue weighted by Gasteiger charge is -2.05. The minimum absolute atomic E-state index is 0.0817. The first-order valence-corrected chi connectivity index (χ1v) is 4.02. The minimum Gasteiger partial charge on any atom is -0.469 e. The van der Waals surface area contributed by atoms with Crippen LogP contribution in [0.5, 0.6) is 0 Å². The van der Waals surface area contributed by atoms with E-state index in [0.29, 0.717) is 5.56 Å². The van der Waals surface area contributed by atoms with Gasteiger partial charge in [0.1, 0.15) is 5.69 Å². The third kappa shape index (κ3) is 3.23. The van der Waals surface area contributed by atoms with Crippen molar-refractivity contribution in [2.75, 3.05) is 7.11 Å². The number of nitrogens with zero attached hydrogens (tertiary/aromatic N) is 1. The molecule has 0 spiro atoms. The number of rotatable bonds is 2. The van der Waals surface area contributed by atoms with Crippen molar-refractivity contribution in [3.63, 3.8) is 0 Å². The van der Waals surface area contributed by atoms with Crippen molar-refractivity contribution in [3.05, 3.63) is 29.6 Å². The second-order valence-electron chi connectivity index (χ2n) is 2.80. The fourth-order valence-electron chi connectivity index (χ4n) is 0.936. The van der Waals surface area contributed by atoms with Gasteiger partial charge in [-0.3, -0.25) is 9.78 Å². The molecule has 0 aliphatic rings. The molecule has 0 radical (unpaired) electrons. The molecule has 1 heterocycles. The molecular weight excluding hydrogens is 211 g/mol. The maximum Gasteiger partial charge on any atom is 0.433 e. The molecule has 0 aliphatic heterocycles. The normalized spacial score (nSPS) is 11.2. The highest BCUT2D eigenvalue weighted by atomic mass is 19.4. The van der Waals surface area contributed by atoms with Crippen LogP contribution in [-0.4, -0.2) is 18.1 Å². The average molecular weight is 219 g/mol. The highest BCUT2D eigenvalue weighted by Gasteiger charge is 2.32. The van der Waals surface area contributed by atoms with Gasteiger partial charge in [0, 0.05) is 6.20 Å². The predicted octanol–water partition coefficient (Wildman–Crippen LogP) is 1.82. The third-order valence-electron chi connectivity index (χ3n) is 1.69. The van der Waals surface area contributed by atoms with Gasteiger partial charge in [-0.05, 0) is 11.6 Å². The lowest BCUT2D eigenvalue weighted by Crippen LogP contribution is -2.09. The van der Waals surface area contributed by atoms with Crippen molar-refractivity contribution >= 4 is 5.97 Å². The molecule has 1 aromatic rings. The summed E-state index contributed by atoms with van der Waals surface area (Å²) in [6.45, 7) is 0. The summed E-state index contributed by atoms with van der Waals surface area (Å²) in [4.78, 5) is 14.0. The minimum atomic E-state index is -4.45. The van der Waals surface area contributed by atoms with Gasteiger partial charge in [-0.25, -0.2) is 0 Å². The summed E-state index contributed by atoms with van der Waals surface area (Å²) in [7, 11) is 1.21. The zero-order chi connectivity index (χ0) is 11.5. The Morgan fingerprint density at radius 2 is 2.13 bits per heavy atom. The lowest BCUT2D eigenvalue weighted by molar-refractivity contribution is -0.141. The molecule has 0 unspecified atom stereocenters. The quantitative estimate of drug-likeness (QED) is 0.712. The highest BCUT2D eigenvalue weighted by molar-refractivity contribution is 5.72. The van der Waals surface area contributed by atoms with Crippen molar-refractivity contribution in [1.82, 2.24) is 4.98 Å². The Balaban J connectivity index is 2.77. The Kier molecular flexibility index (Phi) is 3.28. The first-order chi connectivity index (χ1) is 6.93. The molecule has 6 heteroatoms. The summed E-state index contributed by atoms with van der Waals surface area (Å²) in [5.74, 6) is -0.517. The van der Waals surface area contributed by atoms with Gasteiger partial charge in [0.05, 0.1) is 13.5 Å². The summed E-state index contributed by atoms with van der Waals surface area (Å²) < 4.78 is 40.6. The number of pyridine rings is 1. The van der Waals surface area contributed by atoms with Gasteiger partial charge in [0.2, 0.25) is 0 Å². The number of carbonyl (C=O) groups excluding carboxylic acids is 1. The number of hydrogen-bond donors (Lipinski definition) is 0. The summed E-state index contributed by atoms with van der Waals surface area (Å²) in [6.07, 6.45) is -3.52. The van der Waals surface area contributed by atoms with Crippen molar-refractivity contribution in [1.29, 1.82) is 0 Å². The van der Waals surface area contributed by atoms with Crippen LogP contribution in [0.1, 0.15) is 11.3 Å². The Bertz CT molecular complexity index is 345. The number of aromatic nitrogens is 1. The Morgan fingerprint density at radius 3 is 2.53 bits per heavy atom. The van der Waals surface area contributed by atoms with Gasteiger partial charge in [-0.1, -0.05) is 6.07 Å². The number of halogens is 3. The molecule has 1 aromatic heterocycles. The van der Waals surface area contributed by atoms with E-state index in [1.54, 1.807) is 0 Å². The molecule has 15 heavy (non-hydrogen) atoms. The number of carbonyl (C=O) groups is 1. The fraction of sp³-hybridized carbons (Fsp3) is 0.333. The second kappa shape index (κ2) is 4.29. The van der Waals surface area contributed by atoms with Crippen LogP contribution < -0.4 is 0 Å². The maximum absolute atomic E-state index is 12.1. The Morgan fingerprint density at radius 1 is 1.47 bits per heavy atom. The van der Waals surface area contributed by atoms with Crippen molar-refractivity contribution in [2.45, 2.75) is 12.6 Å². The summed E-state index contributed by atoms with van der Waals surface area (Å²) in [5, 5.41) is 0. The van der Waals surface area contributed by atoms with E-state index in [0.717, 1.165) is 12.3 Å². The van der Waals surface area contributed by atoms with Crippen LogP contribution >= 0.6 is 0 Å². The Labute approximate surface area is 83.9 Å². The van der Waals surface area contributed by atoms with Crippen LogP contribution in [0.25, 0.3) is 0 Å². The van der Waals surface area contributed by atoms with Crippen molar-refractivity contribution in [2.24, 2.45) is 0 Å². The van der Waals surface area contributed by atoms with E-state index in [4.69, 9.17) is 0 Å². The van der Waals surface area contributed by atoms with Gasteiger partial charge < -0.3 is 4.74 Å².